The van der Waals surface area contributed by atoms with Crippen LogP contribution in [-0.4, -0.2) is 34.4 Å². The monoisotopic (exact) mass is 468 g/mol. The van der Waals surface area contributed by atoms with E-state index in [-0.39, 0.29) is 24.3 Å². The molecule has 0 aliphatic rings. The first-order chi connectivity index (χ1) is 15.1. The molecule has 1 aromatic heterocycles. The van der Waals surface area contributed by atoms with E-state index < -0.39 is 11.7 Å². The Balaban J connectivity index is 1.96. The van der Waals surface area contributed by atoms with Gasteiger partial charge in [0.2, 0.25) is 5.91 Å². The van der Waals surface area contributed by atoms with Gasteiger partial charge in [0.05, 0.1) is 36.5 Å². The summed E-state index contributed by atoms with van der Waals surface area (Å²) < 4.78 is 50.9. The Morgan fingerprint density at radius 3 is 2.47 bits per heavy atom. The number of nitrogens with zero attached hydrogens (tertiary/aromatic N) is 3. The van der Waals surface area contributed by atoms with Crippen LogP contribution in [0.25, 0.3) is 11.4 Å². The largest absolute Gasteiger partial charge is 0.496 e. The van der Waals surface area contributed by atoms with Crippen LogP contribution in [0.3, 0.4) is 0 Å². The van der Waals surface area contributed by atoms with Crippen LogP contribution in [0.4, 0.5) is 18.9 Å². The lowest BCUT2D eigenvalue weighted by molar-refractivity contribution is -0.137. The lowest BCUT2D eigenvalue weighted by atomic mass is 10.1. The standard InChI is InChI=1S/C21H20ClF3N4O3/c1-4-32-20-27-19(13-5-7-15(8-6-13)21(23,24)25)28-29(20)11-14-9-16(22)17(26-12(2)30)10-18(14)31-3/h5-10H,4,11H2,1-3H3,(H,26,30). The number of ether oxygens (including phenoxy) is 2. The van der Waals surface area contributed by atoms with Crippen LogP contribution in [0.2, 0.25) is 5.02 Å². The average Bonchev–Trinajstić information content (AvgIpc) is 3.12. The van der Waals surface area contributed by atoms with Crippen LogP contribution in [-0.2, 0) is 17.5 Å². The van der Waals surface area contributed by atoms with Gasteiger partial charge in [-0.25, -0.2) is 4.68 Å². The molecular weight excluding hydrogens is 449 g/mol. The summed E-state index contributed by atoms with van der Waals surface area (Å²) in [5, 5.41) is 7.32. The maximum Gasteiger partial charge on any atom is 0.416 e. The van der Waals surface area contributed by atoms with E-state index in [1.54, 1.807) is 19.1 Å². The van der Waals surface area contributed by atoms with E-state index in [9.17, 15) is 18.0 Å². The highest BCUT2D eigenvalue weighted by molar-refractivity contribution is 6.33. The van der Waals surface area contributed by atoms with Crippen molar-refractivity contribution in [1.29, 1.82) is 0 Å². The number of amides is 1. The zero-order valence-electron chi connectivity index (χ0n) is 17.5. The molecule has 0 fully saturated rings. The SMILES string of the molecule is CCOc1nc(-c2ccc(C(F)(F)F)cc2)nn1Cc1cc(Cl)c(NC(C)=O)cc1OC. The van der Waals surface area contributed by atoms with Gasteiger partial charge in [-0.15, -0.1) is 5.10 Å². The Morgan fingerprint density at radius 2 is 1.91 bits per heavy atom. The first kappa shape index (κ1) is 23.4. The molecule has 0 aliphatic carbocycles. The van der Waals surface area contributed by atoms with Gasteiger partial charge in [-0.1, -0.05) is 23.7 Å². The van der Waals surface area contributed by atoms with E-state index in [1.807, 2.05) is 0 Å². The van der Waals surface area contributed by atoms with Gasteiger partial charge in [-0.05, 0) is 25.1 Å². The highest BCUT2D eigenvalue weighted by Crippen LogP contribution is 2.33. The molecule has 1 N–H and O–H groups in total. The summed E-state index contributed by atoms with van der Waals surface area (Å²) in [4.78, 5) is 15.7. The number of carbonyl (C=O) groups is 1. The van der Waals surface area contributed by atoms with E-state index in [0.29, 0.717) is 34.2 Å². The van der Waals surface area contributed by atoms with Crippen LogP contribution in [0, 0.1) is 0 Å². The second kappa shape index (κ2) is 9.47. The molecule has 1 heterocycles. The fraction of sp³-hybridized carbons (Fsp3) is 0.286. The Bertz CT molecular complexity index is 1110. The van der Waals surface area contributed by atoms with Crippen molar-refractivity contribution in [2.24, 2.45) is 0 Å². The fourth-order valence-corrected chi connectivity index (χ4v) is 3.19. The summed E-state index contributed by atoms with van der Waals surface area (Å²) in [5.74, 6) is 0.382. The normalized spacial score (nSPS) is 11.3. The number of methoxy groups -OCH3 is 1. The third-order valence-corrected chi connectivity index (χ3v) is 4.70. The molecule has 7 nitrogen and oxygen atoms in total. The van der Waals surface area contributed by atoms with E-state index in [2.05, 4.69) is 15.4 Å². The summed E-state index contributed by atoms with van der Waals surface area (Å²) in [7, 11) is 1.47. The minimum atomic E-state index is -4.43. The number of hydrogen-bond donors (Lipinski definition) is 1. The van der Waals surface area contributed by atoms with Crippen LogP contribution in [0.1, 0.15) is 25.0 Å². The van der Waals surface area contributed by atoms with Gasteiger partial charge < -0.3 is 14.8 Å². The molecule has 0 aliphatic heterocycles. The predicted octanol–water partition coefficient (Wildman–Crippen LogP) is 5.03. The second-order valence-electron chi connectivity index (χ2n) is 6.71. The van der Waals surface area contributed by atoms with Crippen LogP contribution >= 0.6 is 11.6 Å². The molecule has 0 saturated carbocycles. The molecule has 2 aromatic carbocycles. The summed E-state index contributed by atoms with van der Waals surface area (Å²) >= 11 is 6.28. The molecule has 170 valence electrons. The number of benzene rings is 2. The number of carbonyl (C=O) groups excluding carboxylic acids is 1. The van der Waals surface area contributed by atoms with Crippen LogP contribution in [0.15, 0.2) is 36.4 Å². The minimum Gasteiger partial charge on any atom is -0.496 e. The lowest BCUT2D eigenvalue weighted by Gasteiger charge is -2.13. The number of alkyl halides is 3. The zero-order valence-corrected chi connectivity index (χ0v) is 18.2. The Hall–Kier alpha value is -3.27. The van der Waals surface area contributed by atoms with E-state index >= 15 is 0 Å². The van der Waals surface area contributed by atoms with Gasteiger partial charge in [-0.2, -0.15) is 18.2 Å². The number of halogens is 4. The first-order valence-corrected chi connectivity index (χ1v) is 9.89. The minimum absolute atomic E-state index is 0.159. The van der Waals surface area contributed by atoms with Crippen molar-refractivity contribution >= 4 is 23.2 Å². The quantitative estimate of drug-likeness (QED) is 0.526. The molecular formula is C21H20ClF3N4O3. The van der Waals surface area contributed by atoms with Crippen LogP contribution in [0.5, 0.6) is 11.8 Å². The highest BCUT2D eigenvalue weighted by atomic mass is 35.5. The van der Waals surface area contributed by atoms with Crippen molar-refractivity contribution in [2.75, 3.05) is 19.0 Å². The summed E-state index contributed by atoms with van der Waals surface area (Å²) in [5.41, 5.74) is 0.679. The molecule has 0 radical (unpaired) electrons. The van der Waals surface area contributed by atoms with Crippen molar-refractivity contribution in [3.05, 3.63) is 52.5 Å². The topological polar surface area (TPSA) is 78.3 Å². The third-order valence-electron chi connectivity index (χ3n) is 4.38. The summed E-state index contributed by atoms with van der Waals surface area (Å²) in [6.07, 6.45) is -4.43. The Morgan fingerprint density at radius 1 is 1.22 bits per heavy atom. The lowest BCUT2D eigenvalue weighted by Crippen LogP contribution is -2.10. The number of nitrogens with one attached hydrogen (secondary N) is 1. The molecule has 32 heavy (non-hydrogen) atoms. The van der Waals surface area contributed by atoms with Crippen molar-refractivity contribution in [1.82, 2.24) is 14.8 Å². The summed E-state index contributed by atoms with van der Waals surface area (Å²) in [6, 6.07) is 7.95. The smallest absolute Gasteiger partial charge is 0.416 e. The maximum atomic E-state index is 12.8. The van der Waals surface area contributed by atoms with Crippen molar-refractivity contribution in [3.8, 4) is 23.1 Å². The molecule has 0 unspecified atom stereocenters. The molecule has 0 saturated heterocycles. The van der Waals surface area contributed by atoms with E-state index in [1.165, 1.54) is 30.8 Å². The Kier molecular flexibility index (Phi) is 6.93. The van der Waals surface area contributed by atoms with Crippen molar-refractivity contribution in [3.63, 3.8) is 0 Å². The molecule has 0 spiro atoms. The molecule has 0 atom stereocenters. The first-order valence-electron chi connectivity index (χ1n) is 9.51. The van der Waals surface area contributed by atoms with Gasteiger partial charge in [0.1, 0.15) is 5.75 Å². The molecule has 3 rings (SSSR count). The number of hydrogen-bond acceptors (Lipinski definition) is 5. The Labute approximate surface area is 187 Å². The van der Waals surface area contributed by atoms with Gasteiger partial charge in [-0.3, -0.25) is 4.79 Å². The van der Waals surface area contributed by atoms with Gasteiger partial charge in [0, 0.05) is 24.1 Å². The average molecular weight is 469 g/mol. The van der Waals surface area contributed by atoms with Gasteiger partial charge in [0.25, 0.3) is 0 Å². The molecule has 11 heteroatoms. The van der Waals surface area contributed by atoms with Crippen molar-refractivity contribution < 1.29 is 27.4 Å². The molecule has 3 aromatic rings. The predicted molar refractivity (Wildman–Crippen MR) is 113 cm³/mol. The second-order valence-corrected chi connectivity index (χ2v) is 7.12. The highest BCUT2D eigenvalue weighted by Gasteiger charge is 2.30. The number of anilines is 1. The van der Waals surface area contributed by atoms with Gasteiger partial charge >= 0.3 is 12.2 Å². The third kappa shape index (κ3) is 5.31. The van der Waals surface area contributed by atoms with Crippen LogP contribution < -0.4 is 14.8 Å². The number of aromatic nitrogens is 3. The fourth-order valence-electron chi connectivity index (χ4n) is 2.95. The van der Waals surface area contributed by atoms with Crippen molar-refractivity contribution in [2.45, 2.75) is 26.6 Å². The van der Waals surface area contributed by atoms with E-state index in [0.717, 1.165) is 12.1 Å². The van der Waals surface area contributed by atoms with Gasteiger partial charge in [0.15, 0.2) is 5.82 Å². The zero-order chi connectivity index (χ0) is 23.5. The molecule has 1 amide bonds. The van der Waals surface area contributed by atoms with E-state index in [4.69, 9.17) is 21.1 Å². The molecule has 0 bridgehead atoms. The summed E-state index contributed by atoms with van der Waals surface area (Å²) in [6.45, 7) is 3.61. The maximum absolute atomic E-state index is 12.8. The number of rotatable bonds is 7.